The highest BCUT2D eigenvalue weighted by Crippen LogP contribution is 2.42. The molecular weight excluding hydrogens is 274 g/mol. The predicted molar refractivity (Wildman–Crippen MR) is 75.4 cm³/mol. The second-order valence-corrected chi connectivity index (χ2v) is 8.42. The molecule has 2 fully saturated rings. The second-order valence-electron chi connectivity index (χ2n) is 6.19. The van der Waals surface area contributed by atoms with Crippen LogP contribution >= 0.6 is 0 Å². The SMILES string of the molecule is O=S1(=O)CCC(c2nc3c(c(C4CC4)n2)CNCC3)C1. The zero-order valence-electron chi connectivity index (χ0n) is 11.4. The summed E-state index contributed by atoms with van der Waals surface area (Å²) < 4.78 is 23.3. The molecular formula is C14H19N3O2S. The quantitative estimate of drug-likeness (QED) is 0.877. The molecule has 1 aromatic heterocycles. The van der Waals surface area contributed by atoms with Gasteiger partial charge in [0, 0.05) is 36.9 Å². The van der Waals surface area contributed by atoms with Crippen molar-refractivity contribution in [2.75, 3.05) is 18.1 Å². The molecule has 3 aliphatic rings. The summed E-state index contributed by atoms with van der Waals surface area (Å²) in [6.45, 7) is 1.82. The minimum absolute atomic E-state index is 0.0117. The molecule has 6 heteroatoms. The third kappa shape index (κ3) is 2.24. The molecule has 1 N–H and O–H groups in total. The summed E-state index contributed by atoms with van der Waals surface area (Å²) >= 11 is 0. The number of aromatic nitrogens is 2. The number of sulfone groups is 1. The first kappa shape index (κ1) is 12.7. The molecule has 3 heterocycles. The van der Waals surface area contributed by atoms with Gasteiger partial charge in [-0.15, -0.1) is 0 Å². The molecule has 4 rings (SSSR count). The Morgan fingerprint density at radius 1 is 1.10 bits per heavy atom. The van der Waals surface area contributed by atoms with E-state index in [4.69, 9.17) is 9.97 Å². The molecule has 1 saturated carbocycles. The minimum atomic E-state index is -2.87. The van der Waals surface area contributed by atoms with E-state index in [1.807, 2.05) is 0 Å². The third-order valence-corrected chi connectivity index (χ3v) is 6.31. The summed E-state index contributed by atoms with van der Waals surface area (Å²) in [6.07, 6.45) is 4.05. The molecule has 1 aromatic rings. The van der Waals surface area contributed by atoms with Gasteiger partial charge in [0.2, 0.25) is 0 Å². The van der Waals surface area contributed by atoms with E-state index in [1.165, 1.54) is 24.1 Å². The predicted octanol–water partition coefficient (Wildman–Crippen LogP) is 0.902. The summed E-state index contributed by atoms with van der Waals surface area (Å²) in [4.78, 5) is 9.50. The Labute approximate surface area is 119 Å². The molecule has 1 unspecified atom stereocenters. The van der Waals surface area contributed by atoms with Crippen LogP contribution in [0.1, 0.15) is 53.9 Å². The van der Waals surface area contributed by atoms with Gasteiger partial charge < -0.3 is 5.32 Å². The van der Waals surface area contributed by atoms with Gasteiger partial charge in [-0.05, 0) is 19.3 Å². The van der Waals surface area contributed by atoms with Crippen LogP contribution in [0.3, 0.4) is 0 Å². The van der Waals surface area contributed by atoms with E-state index in [9.17, 15) is 8.42 Å². The van der Waals surface area contributed by atoms with Crippen LogP contribution in [0.4, 0.5) is 0 Å². The molecule has 20 heavy (non-hydrogen) atoms. The molecule has 1 saturated heterocycles. The monoisotopic (exact) mass is 293 g/mol. The third-order valence-electron chi connectivity index (χ3n) is 4.54. The second kappa shape index (κ2) is 4.49. The zero-order chi connectivity index (χ0) is 13.7. The number of fused-ring (bicyclic) bond motifs is 1. The summed E-state index contributed by atoms with van der Waals surface area (Å²) in [7, 11) is -2.87. The summed E-state index contributed by atoms with van der Waals surface area (Å²) in [5.74, 6) is 1.90. The van der Waals surface area contributed by atoms with Crippen molar-refractivity contribution in [1.82, 2.24) is 15.3 Å². The van der Waals surface area contributed by atoms with E-state index in [0.717, 1.165) is 31.0 Å². The molecule has 0 amide bonds. The Hall–Kier alpha value is -1.01. The van der Waals surface area contributed by atoms with Crippen LogP contribution in [0.25, 0.3) is 0 Å². The van der Waals surface area contributed by atoms with Crippen molar-refractivity contribution in [3.8, 4) is 0 Å². The topological polar surface area (TPSA) is 72.0 Å². The zero-order valence-corrected chi connectivity index (χ0v) is 12.2. The first-order valence-electron chi connectivity index (χ1n) is 7.43. The average molecular weight is 293 g/mol. The molecule has 108 valence electrons. The number of hydrogen-bond acceptors (Lipinski definition) is 5. The van der Waals surface area contributed by atoms with Crippen LogP contribution < -0.4 is 5.32 Å². The van der Waals surface area contributed by atoms with Crippen LogP contribution in [-0.4, -0.2) is 36.4 Å². The fourth-order valence-electron chi connectivity index (χ4n) is 3.26. The Kier molecular flexibility index (Phi) is 2.86. The van der Waals surface area contributed by atoms with Gasteiger partial charge in [-0.1, -0.05) is 0 Å². The van der Waals surface area contributed by atoms with Crippen LogP contribution in [0.5, 0.6) is 0 Å². The van der Waals surface area contributed by atoms with Crippen molar-refractivity contribution in [2.45, 2.75) is 44.1 Å². The molecule has 2 aliphatic heterocycles. The maximum absolute atomic E-state index is 11.7. The smallest absolute Gasteiger partial charge is 0.151 e. The minimum Gasteiger partial charge on any atom is -0.312 e. The molecule has 0 radical (unpaired) electrons. The van der Waals surface area contributed by atoms with E-state index >= 15 is 0 Å². The van der Waals surface area contributed by atoms with Crippen molar-refractivity contribution >= 4 is 9.84 Å². The van der Waals surface area contributed by atoms with Gasteiger partial charge in [-0.2, -0.15) is 0 Å². The van der Waals surface area contributed by atoms with Gasteiger partial charge in [0.15, 0.2) is 9.84 Å². The van der Waals surface area contributed by atoms with E-state index in [0.29, 0.717) is 18.1 Å². The number of nitrogens with one attached hydrogen (secondary N) is 1. The molecule has 0 bridgehead atoms. The van der Waals surface area contributed by atoms with Gasteiger partial charge in [0.05, 0.1) is 22.9 Å². The molecule has 0 aromatic carbocycles. The molecule has 1 atom stereocenters. The van der Waals surface area contributed by atoms with Crippen LogP contribution in [0, 0.1) is 0 Å². The number of nitrogens with zero attached hydrogens (tertiary/aromatic N) is 2. The fourth-order valence-corrected chi connectivity index (χ4v) is 5.00. The van der Waals surface area contributed by atoms with E-state index in [-0.39, 0.29) is 11.7 Å². The van der Waals surface area contributed by atoms with Crippen LogP contribution in [0.2, 0.25) is 0 Å². The van der Waals surface area contributed by atoms with Gasteiger partial charge in [0.25, 0.3) is 0 Å². The highest BCUT2D eigenvalue weighted by atomic mass is 32.2. The van der Waals surface area contributed by atoms with E-state index in [1.54, 1.807) is 0 Å². The molecule has 5 nitrogen and oxygen atoms in total. The van der Waals surface area contributed by atoms with Crippen LogP contribution in [0.15, 0.2) is 0 Å². The van der Waals surface area contributed by atoms with Gasteiger partial charge >= 0.3 is 0 Å². The van der Waals surface area contributed by atoms with E-state index in [2.05, 4.69) is 5.32 Å². The van der Waals surface area contributed by atoms with Gasteiger partial charge in [-0.3, -0.25) is 0 Å². The lowest BCUT2D eigenvalue weighted by Gasteiger charge is -2.21. The van der Waals surface area contributed by atoms with Crippen molar-refractivity contribution < 1.29 is 8.42 Å². The lowest BCUT2D eigenvalue weighted by molar-refractivity contribution is 0.593. The lowest BCUT2D eigenvalue weighted by atomic mass is 10.0. The number of rotatable bonds is 2. The Balaban J connectivity index is 1.75. The summed E-state index contributed by atoms with van der Waals surface area (Å²) in [5, 5.41) is 3.39. The van der Waals surface area contributed by atoms with Gasteiger partial charge in [0.1, 0.15) is 5.82 Å². The summed E-state index contributed by atoms with van der Waals surface area (Å²) in [5.41, 5.74) is 3.63. The highest BCUT2D eigenvalue weighted by molar-refractivity contribution is 7.91. The summed E-state index contributed by atoms with van der Waals surface area (Å²) in [6, 6.07) is 0. The Morgan fingerprint density at radius 3 is 2.65 bits per heavy atom. The maximum atomic E-state index is 11.7. The average Bonchev–Trinajstić information content (AvgIpc) is 3.21. The first-order chi connectivity index (χ1) is 9.62. The van der Waals surface area contributed by atoms with Crippen molar-refractivity contribution in [2.24, 2.45) is 0 Å². The van der Waals surface area contributed by atoms with E-state index < -0.39 is 9.84 Å². The van der Waals surface area contributed by atoms with Crippen molar-refractivity contribution in [3.05, 3.63) is 22.8 Å². The number of hydrogen-bond donors (Lipinski definition) is 1. The first-order valence-corrected chi connectivity index (χ1v) is 9.25. The molecule has 1 aliphatic carbocycles. The van der Waals surface area contributed by atoms with Crippen molar-refractivity contribution in [3.63, 3.8) is 0 Å². The highest BCUT2D eigenvalue weighted by Gasteiger charge is 2.35. The van der Waals surface area contributed by atoms with Crippen LogP contribution in [-0.2, 0) is 22.8 Å². The van der Waals surface area contributed by atoms with Gasteiger partial charge in [-0.25, -0.2) is 18.4 Å². The Bertz CT molecular complexity index is 653. The lowest BCUT2D eigenvalue weighted by Crippen LogP contribution is -2.27. The fraction of sp³-hybridized carbons (Fsp3) is 0.714. The normalized spacial score (nSPS) is 28.3. The Morgan fingerprint density at radius 2 is 1.95 bits per heavy atom. The molecule has 0 spiro atoms. The van der Waals surface area contributed by atoms with Crippen molar-refractivity contribution in [1.29, 1.82) is 0 Å². The standard InChI is InChI=1S/C14H19N3O2S/c18-20(19)6-4-10(8-20)14-16-12-3-5-15-7-11(12)13(17-14)9-1-2-9/h9-10,15H,1-8H2. The maximum Gasteiger partial charge on any atom is 0.151 e. The largest absolute Gasteiger partial charge is 0.312 e.